The van der Waals surface area contributed by atoms with Crippen LogP contribution >= 0.6 is 0 Å². The van der Waals surface area contributed by atoms with Gasteiger partial charge < -0.3 is 15.2 Å². The highest BCUT2D eigenvalue weighted by Gasteiger charge is 2.15. The molecule has 16 heavy (non-hydrogen) atoms. The summed E-state index contributed by atoms with van der Waals surface area (Å²) in [5.41, 5.74) is 0.979. The van der Waals surface area contributed by atoms with Crippen molar-refractivity contribution in [3.05, 3.63) is 23.8 Å². The summed E-state index contributed by atoms with van der Waals surface area (Å²) in [6, 6.07) is 6.19. The summed E-state index contributed by atoms with van der Waals surface area (Å²) in [5, 5.41) is 13.2. The molecule has 88 valence electrons. The normalized spacial score (nSPS) is 15.8. The lowest BCUT2D eigenvalue weighted by atomic mass is 9.93. The first-order valence-corrected chi connectivity index (χ1v) is 5.89. The first-order valence-electron chi connectivity index (χ1n) is 5.89. The van der Waals surface area contributed by atoms with Crippen molar-refractivity contribution >= 4 is 0 Å². The Hall–Kier alpha value is -1.22. The van der Waals surface area contributed by atoms with Gasteiger partial charge in [0.25, 0.3) is 0 Å². The second-order valence-electron chi connectivity index (χ2n) is 4.33. The maximum absolute atomic E-state index is 9.75. The van der Waals surface area contributed by atoms with Gasteiger partial charge in [-0.3, -0.25) is 0 Å². The monoisotopic (exact) mass is 221 g/mol. The van der Waals surface area contributed by atoms with E-state index in [0.29, 0.717) is 17.5 Å². The average Bonchev–Trinajstić information content (AvgIpc) is 2.23. The molecule has 1 aromatic rings. The van der Waals surface area contributed by atoms with Crippen LogP contribution in [-0.2, 0) is 6.42 Å². The molecule has 0 saturated heterocycles. The lowest BCUT2D eigenvalue weighted by Crippen LogP contribution is -2.36. The number of nitrogens with one attached hydrogen (secondary N) is 1. The molecule has 0 heterocycles. The third-order valence-electron chi connectivity index (χ3n) is 3.22. The minimum Gasteiger partial charge on any atom is -0.508 e. The van der Waals surface area contributed by atoms with Gasteiger partial charge >= 0.3 is 0 Å². The number of benzene rings is 1. The molecule has 0 aromatic heterocycles. The lowest BCUT2D eigenvalue weighted by Gasteiger charge is -2.26. The second kappa shape index (κ2) is 5.21. The maximum atomic E-state index is 9.75. The first-order chi connectivity index (χ1) is 7.79. The zero-order chi connectivity index (χ0) is 11.4. The molecule has 0 atom stereocenters. The van der Waals surface area contributed by atoms with Crippen LogP contribution in [0.5, 0.6) is 11.5 Å². The van der Waals surface area contributed by atoms with E-state index in [1.807, 2.05) is 12.1 Å². The predicted molar refractivity (Wildman–Crippen MR) is 64.0 cm³/mol. The molecular weight excluding hydrogens is 202 g/mol. The zero-order valence-electron chi connectivity index (χ0n) is 9.70. The molecule has 3 heteroatoms. The summed E-state index contributed by atoms with van der Waals surface area (Å²) in [4.78, 5) is 0. The van der Waals surface area contributed by atoms with E-state index in [2.05, 4.69) is 5.32 Å². The first kappa shape index (κ1) is 11.3. The number of phenolic OH excluding ortho intramolecular Hbond substituents is 1. The largest absolute Gasteiger partial charge is 0.508 e. The molecule has 1 aliphatic rings. The molecule has 3 nitrogen and oxygen atoms in total. The van der Waals surface area contributed by atoms with Crippen LogP contribution in [0.25, 0.3) is 0 Å². The average molecular weight is 221 g/mol. The highest BCUT2D eigenvalue weighted by Crippen LogP contribution is 2.24. The molecule has 2 rings (SSSR count). The fraction of sp³-hybridized carbons (Fsp3) is 0.538. The smallest absolute Gasteiger partial charge is 0.122 e. The van der Waals surface area contributed by atoms with Crippen LogP contribution in [0.3, 0.4) is 0 Å². The fourth-order valence-electron chi connectivity index (χ4n) is 1.91. The number of phenols is 1. The van der Waals surface area contributed by atoms with Crippen molar-refractivity contribution in [2.75, 3.05) is 13.7 Å². The Morgan fingerprint density at radius 1 is 1.44 bits per heavy atom. The molecule has 1 fully saturated rings. The van der Waals surface area contributed by atoms with Gasteiger partial charge in [0.2, 0.25) is 0 Å². The zero-order valence-corrected chi connectivity index (χ0v) is 9.70. The van der Waals surface area contributed by atoms with E-state index in [4.69, 9.17) is 4.74 Å². The Labute approximate surface area is 96.4 Å². The Morgan fingerprint density at radius 3 is 2.81 bits per heavy atom. The van der Waals surface area contributed by atoms with E-state index >= 15 is 0 Å². The number of hydrogen-bond donors (Lipinski definition) is 2. The molecular formula is C13H19NO2. The van der Waals surface area contributed by atoms with Crippen molar-refractivity contribution in [1.82, 2.24) is 5.32 Å². The fourth-order valence-corrected chi connectivity index (χ4v) is 1.91. The predicted octanol–water partition coefficient (Wildman–Crippen LogP) is 2.09. The molecule has 0 unspecified atom stereocenters. The van der Waals surface area contributed by atoms with Gasteiger partial charge in [-0.05, 0) is 37.4 Å². The topological polar surface area (TPSA) is 41.5 Å². The van der Waals surface area contributed by atoms with Crippen molar-refractivity contribution in [3.63, 3.8) is 0 Å². The Bertz CT molecular complexity index is 348. The maximum Gasteiger partial charge on any atom is 0.122 e. The Morgan fingerprint density at radius 2 is 2.25 bits per heavy atom. The van der Waals surface area contributed by atoms with Gasteiger partial charge in [-0.25, -0.2) is 0 Å². The number of ether oxygens (including phenoxy) is 1. The summed E-state index contributed by atoms with van der Waals surface area (Å²) in [6.07, 6.45) is 4.82. The highest BCUT2D eigenvalue weighted by molar-refractivity contribution is 5.39. The number of hydrogen-bond acceptors (Lipinski definition) is 3. The van der Waals surface area contributed by atoms with Crippen LogP contribution in [0.2, 0.25) is 0 Å². The summed E-state index contributed by atoms with van der Waals surface area (Å²) in [6.45, 7) is 0.935. The van der Waals surface area contributed by atoms with Gasteiger partial charge in [-0.15, -0.1) is 0 Å². The van der Waals surface area contributed by atoms with Crippen LogP contribution in [-0.4, -0.2) is 24.8 Å². The number of methoxy groups -OCH3 is 1. The molecule has 2 N–H and O–H groups in total. The van der Waals surface area contributed by atoms with Crippen LogP contribution in [0.15, 0.2) is 18.2 Å². The van der Waals surface area contributed by atoms with E-state index in [0.717, 1.165) is 18.5 Å². The Balaban J connectivity index is 1.83. The highest BCUT2D eigenvalue weighted by atomic mass is 16.5. The third kappa shape index (κ3) is 2.67. The molecule has 0 aliphatic heterocycles. The van der Waals surface area contributed by atoms with E-state index in [1.165, 1.54) is 19.3 Å². The van der Waals surface area contributed by atoms with Crippen LogP contribution in [0.1, 0.15) is 24.8 Å². The minimum atomic E-state index is 0.328. The SMILES string of the molecule is COc1ccc(CCNC2CCC2)c(O)c1. The summed E-state index contributed by atoms with van der Waals surface area (Å²) >= 11 is 0. The molecule has 0 amide bonds. The molecule has 0 spiro atoms. The molecule has 0 bridgehead atoms. The molecule has 1 aliphatic carbocycles. The second-order valence-corrected chi connectivity index (χ2v) is 4.33. The van der Waals surface area contributed by atoms with Gasteiger partial charge in [0.15, 0.2) is 0 Å². The number of aromatic hydroxyl groups is 1. The van der Waals surface area contributed by atoms with Crippen molar-refractivity contribution < 1.29 is 9.84 Å². The van der Waals surface area contributed by atoms with E-state index < -0.39 is 0 Å². The van der Waals surface area contributed by atoms with Crippen molar-refractivity contribution in [2.45, 2.75) is 31.7 Å². The summed E-state index contributed by atoms with van der Waals surface area (Å²) < 4.78 is 5.04. The summed E-state index contributed by atoms with van der Waals surface area (Å²) in [7, 11) is 1.60. The van der Waals surface area contributed by atoms with Gasteiger partial charge in [0, 0.05) is 12.1 Å². The summed E-state index contributed by atoms with van der Waals surface area (Å²) in [5.74, 6) is 1.03. The van der Waals surface area contributed by atoms with E-state index in [-0.39, 0.29) is 0 Å². The van der Waals surface area contributed by atoms with Crippen molar-refractivity contribution in [1.29, 1.82) is 0 Å². The molecule has 1 aromatic carbocycles. The number of rotatable bonds is 5. The van der Waals surface area contributed by atoms with Crippen LogP contribution < -0.4 is 10.1 Å². The van der Waals surface area contributed by atoms with Gasteiger partial charge in [-0.1, -0.05) is 12.5 Å². The van der Waals surface area contributed by atoms with E-state index in [1.54, 1.807) is 13.2 Å². The lowest BCUT2D eigenvalue weighted by molar-refractivity contribution is 0.341. The molecule has 0 radical (unpaired) electrons. The van der Waals surface area contributed by atoms with Crippen LogP contribution in [0, 0.1) is 0 Å². The third-order valence-corrected chi connectivity index (χ3v) is 3.22. The minimum absolute atomic E-state index is 0.328. The quantitative estimate of drug-likeness (QED) is 0.800. The van der Waals surface area contributed by atoms with Crippen molar-refractivity contribution in [2.24, 2.45) is 0 Å². The Kier molecular flexibility index (Phi) is 3.67. The van der Waals surface area contributed by atoms with Crippen LogP contribution in [0.4, 0.5) is 0 Å². The van der Waals surface area contributed by atoms with Gasteiger partial charge in [0.05, 0.1) is 7.11 Å². The van der Waals surface area contributed by atoms with Gasteiger partial charge in [0.1, 0.15) is 11.5 Å². The molecule has 1 saturated carbocycles. The van der Waals surface area contributed by atoms with E-state index in [9.17, 15) is 5.11 Å². The standard InChI is InChI=1S/C13H19NO2/c1-16-12-6-5-10(13(15)9-12)7-8-14-11-3-2-4-11/h5-6,9,11,14-15H,2-4,7-8H2,1H3. The van der Waals surface area contributed by atoms with Crippen molar-refractivity contribution in [3.8, 4) is 11.5 Å². The van der Waals surface area contributed by atoms with Gasteiger partial charge in [-0.2, -0.15) is 0 Å².